The molecular weight excluding hydrogens is 246 g/mol. The number of carbonyl (C=O) groups excluding carboxylic acids is 1. The normalized spacial score (nSPS) is 11.2. The first kappa shape index (κ1) is 14.3. The molecule has 0 spiro atoms. The molecule has 0 aliphatic heterocycles. The minimum Gasteiger partial charge on any atom is -0.347 e. The highest BCUT2D eigenvalue weighted by Crippen LogP contribution is 2.24. The second-order valence-corrected chi connectivity index (χ2v) is 5.60. The van der Waals surface area contributed by atoms with Crippen LogP contribution >= 0.6 is 0 Å². The number of benzene rings is 2. The van der Waals surface area contributed by atoms with Crippen molar-refractivity contribution < 1.29 is 4.79 Å². The van der Waals surface area contributed by atoms with Crippen molar-refractivity contribution in [1.29, 1.82) is 0 Å². The van der Waals surface area contributed by atoms with Crippen molar-refractivity contribution >= 4 is 5.91 Å². The lowest BCUT2D eigenvalue weighted by molar-refractivity contribution is 0.0912. The van der Waals surface area contributed by atoms with Gasteiger partial charge in [-0.2, -0.15) is 0 Å². The molecule has 0 saturated heterocycles. The molecule has 0 bridgehead atoms. The standard InChI is InChI=1S/C18H21NO/c1-4-18(2,3)19-17(20)16-13-9-8-12-15(16)14-10-6-5-7-11-14/h5-13H,4H2,1-3H3,(H,19,20). The largest absolute Gasteiger partial charge is 0.347 e. The fraction of sp³-hybridized carbons (Fsp3) is 0.278. The summed E-state index contributed by atoms with van der Waals surface area (Å²) in [6, 6.07) is 17.7. The third-order valence-corrected chi connectivity index (χ3v) is 3.59. The van der Waals surface area contributed by atoms with E-state index < -0.39 is 0 Å². The van der Waals surface area contributed by atoms with Crippen LogP contribution < -0.4 is 5.32 Å². The Morgan fingerprint density at radius 2 is 1.60 bits per heavy atom. The summed E-state index contributed by atoms with van der Waals surface area (Å²) in [4.78, 5) is 12.5. The highest BCUT2D eigenvalue weighted by Gasteiger charge is 2.20. The third kappa shape index (κ3) is 3.27. The number of hydrogen-bond acceptors (Lipinski definition) is 1. The summed E-state index contributed by atoms with van der Waals surface area (Å²) in [6.45, 7) is 6.15. The Hall–Kier alpha value is -2.09. The van der Waals surface area contributed by atoms with Crippen LogP contribution in [-0.4, -0.2) is 11.4 Å². The van der Waals surface area contributed by atoms with Gasteiger partial charge in [0.15, 0.2) is 0 Å². The van der Waals surface area contributed by atoms with E-state index in [2.05, 4.69) is 12.2 Å². The SMILES string of the molecule is CCC(C)(C)NC(=O)c1ccccc1-c1ccccc1. The van der Waals surface area contributed by atoms with E-state index in [1.54, 1.807) is 0 Å². The van der Waals surface area contributed by atoms with Crippen molar-refractivity contribution in [2.24, 2.45) is 0 Å². The first-order valence-corrected chi connectivity index (χ1v) is 7.00. The summed E-state index contributed by atoms with van der Waals surface area (Å²) < 4.78 is 0. The van der Waals surface area contributed by atoms with Crippen molar-refractivity contribution in [2.45, 2.75) is 32.7 Å². The number of rotatable bonds is 4. The van der Waals surface area contributed by atoms with Gasteiger partial charge in [-0.3, -0.25) is 4.79 Å². The molecular formula is C18H21NO. The van der Waals surface area contributed by atoms with Crippen molar-refractivity contribution in [3.63, 3.8) is 0 Å². The van der Waals surface area contributed by atoms with Crippen LogP contribution in [0, 0.1) is 0 Å². The predicted molar refractivity (Wildman–Crippen MR) is 83.7 cm³/mol. The molecule has 2 heteroatoms. The molecule has 0 aliphatic rings. The number of carbonyl (C=O) groups is 1. The van der Waals surface area contributed by atoms with Gasteiger partial charge in [-0.1, -0.05) is 55.5 Å². The maximum absolute atomic E-state index is 12.5. The Morgan fingerprint density at radius 3 is 2.25 bits per heavy atom. The highest BCUT2D eigenvalue weighted by atomic mass is 16.1. The average molecular weight is 267 g/mol. The Labute approximate surface area is 120 Å². The first-order chi connectivity index (χ1) is 9.53. The highest BCUT2D eigenvalue weighted by molar-refractivity contribution is 6.01. The predicted octanol–water partition coefficient (Wildman–Crippen LogP) is 4.27. The van der Waals surface area contributed by atoms with Gasteiger partial charge in [0.25, 0.3) is 5.91 Å². The van der Waals surface area contributed by atoms with Crippen LogP contribution in [0.1, 0.15) is 37.6 Å². The quantitative estimate of drug-likeness (QED) is 0.880. The van der Waals surface area contributed by atoms with Crippen LogP contribution in [0.4, 0.5) is 0 Å². The van der Waals surface area contributed by atoms with E-state index in [1.165, 1.54) is 0 Å². The maximum Gasteiger partial charge on any atom is 0.252 e. The van der Waals surface area contributed by atoms with E-state index in [9.17, 15) is 4.79 Å². The topological polar surface area (TPSA) is 29.1 Å². The van der Waals surface area contributed by atoms with Gasteiger partial charge < -0.3 is 5.32 Å². The van der Waals surface area contributed by atoms with Gasteiger partial charge in [0.2, 0.25) is 0 Å². The molecule has 2 aromatic rings. The lowest BCUT2D eigenvalue weighted by Gasteiger charge is -2.25. The molecule has 0 saturated carbocycles. The first-order valence-electron chi connectivity index (χ1n) is 7.00. The lowest BCUT2D eigenvalue weighted by atomic mass is 9.97. The van der Waals surface area contributed by atoms with Gasteiger partial charge in [-0.15, -0.1) is 0 Å². The van der Waals surface area contributed by atoms with E-state index in [1.807, 2.05) is 68.4 Å². The second kappa shape index (κ2) is 5.91. The summed E-state index contributed by atoms with van der Waals surface area (Å²) in [7, 11) is 0. The van der Waals surface area contributed by atoms with Crippen molar-refractivity contribution in [2.75, 3.05) is 0 Å². The minimum atomic E-state index is -0.194. The third-order valence-electron chi connectivity index (χ3n) is 3.59. The van der Waals surface area contributed by atoms with E-state index in [-0.39, 0.29) is 11.4 Å². The molecule has 2 aromatic carbocycles. The molecule has 2 nitrogen and oxygen atoms in total. The second-order valence-electron chi connectivity index (χ2n) is 5.60. The average Bonchev–Trinajstić information content (AvgIpc) is 2.48. The van der Waals surface area contributed by atoms with Gasteiger partial charge in [0.05, 0.1) is 0 Å². The zero-order valence-electron chi connectivity index (χ0n) is 12.3. The molecule has 2 rings (SSSR count). The zero-order chi connectivity index (χ0) is 14.6. The molecule has 0 heterocycles. The minimum absolute atomic E-state index is 0.0173. The van der Waals surface area contributed by atoms with Crippen LogP contribution in [0.25, 0.3) is 11.1 Å². The van der Waals surface area contributed by atoms with E-state index in [0.717, 1.165) is 23.1 Å². The van der Waals surface area contributed by atoms with Gasteiger partial charge in [0, 0.05) is 11.1 Å². The molecule has 0 radical (unpaired) electrons. The lowest BCUT2D eigenvalue weighted by Crippen LogP contribution is -2.42. The molecule has 0 aliphatic carbocycles. The molecule has 0 atom stereocenters. The van der Waals surface area contributed by atoms with E-state index >= 15 is 0 Å². The fourth-order valence-corrected chi connectivity index (χ4v) is 2.01. The summed E-state index contributed by atoms with van der Waals surface area (Å²) in [5.41, 5.74) is 2.56. The van der Waals surface area contributed by atoms with E-state index in [4.69, 9.17) is 0 Å². The summed E-state index contributed by atoms with van der Waals surface area (Å²) in [6.07, 6.45) is 0.895. The van der Waals surface area contributed by atoms with Crippen LogP contribution in [0.5, 0.6) is 0 Å². The molecule has 20 heavy (non-hydrogen) atoms. The molecule has 0 fully saturated rings. The Bertz CT molecular complexity index is 587. The summed E-state index contributed by atoms with van der Waals surface area (Å²) in [5.74, 6) is -0.0173. The maximum atomic E-state index is 12.5. The van der Waals surface area contributed by atoms with Crippen LogP contribution in [0.15, 0.2) is 54.6 Å². The fourth-order valence-electron chi connectivity index (χ4n) is 2.01. The van der Waals surface area contributed by atoms with Gasteiger partial charge >= 0.3 is 0 Å². The molecule has 1 N–H and O–H groups in total. The van der Waals surface area contributed by atoms with Crippen molar-refractivity contribution in [1.82, 2.24) is 5.32 Å². The van der Waals surface area contributed by atoms with E-state index in [0.29, 0.717) is 0 Å². The van der Waals surface area contributed by atoms with Crippen LogP contribution in [0.3, 0.4) is 0 Å². The molecule has 104 valence electrons. The molecule has 0 unspecified atom stereocenters. The van der Waals surface area contributed by atoms with Crippen molar-refractivity contribution in [3.05, 3.63) is 60.2 Å². The Kier molecular flexibility index (Phi) is 4.23. The summed E-state index contributed by atoms with van der Waals surface area (Å²) in [5, 5.41) is 3.09. The van der Waals surface area contributed by atoms with Crippen LogP contribution in [-0.2, 0) is 0 Å². The summed E-state index contributed by atoms with van der Waals surface area (Å²) >= 11 is 0. The smallest absolute Gasteiger partial charge is 0.252 e. The van der Waals surface area contributed by atoms with Gasteiger partial charge in [-0.05, 0) is 37.5 Å². The zero-order valence-corrected chi connectivity index (χ0v) is 12.3. The van der Waals surface area contributed by atoms with Crippen LogP contribution in [0.2, 0.25) is 0 Å². The Balaban J connectivity index is 2.36. The van der Waals surface area contributed by atoms with Gasteiger partial charge in [0.1, 0.15) is 0 Å². The van der Waals surface area contributed by atoms with Gasteiger partial charge in [-0.25, -0.2) is 0 Å². The number of hydrogen-bond donors (Lipinski definition) is 1. The molecule has 1 amide bonds. The number of nitrogens with one attached hydrogen (secondary N) is 1. The monoisotopic (exact) mass is 267 g/mol. The Morgan fingerprint density at radius 1 is 1.00 bits per heavy atom. The number of amides is 1. The molecule has 0 aromatic heterocycles. The van der Waals surface area contributed by atoms with Crippen molar-refractivity contribution in [3.8, 4) is 11.1 Å².